The summed E-state index contributed by atoms with van der Waals surface area (Å²) in [7, 11) is 0. The molecular formula is C32H54O3. The molecule has 0 aromatic carbocycles. The number of carbonyl (C=O) groups excluding carboxylic acids is 1. The zero-order valence-electron chi connectivity index (χ0n) is 24.1. The normalized spacial score (nSPS) is 53.5. The van der Waals surface area contributed by atoms with Crippen molar-refractivity contribution in [2.75, 3.05) is 6.61 Å². The lowest BCUT2D eigenvalue weighted by Crippen LogP contribution is -2.67. The summed E-state index contributed by atoms with van der Waals surface area (Å²) in [6.45, 7) is 19.7. The van der Waals surface area contributed by atoms with Gasteiger partial charge in [0.15, 0.2) is 0 Å². The van der Waals surface area contributed by atoms with Crippen LogP contribution in [0.2, 0.25) is 0 Å². The maximum atomic E-state index is 11.9. The molecule has 5 aliphatic rings. The maximum absolute atomic E-state index is 11.9. The second-order valence-corrected chi connectivity index (χ2v) is 15.6. The van der Waals surface area contributed by atoms with Crippen molar-refractivity contribution in [3.8, 4) is 0 Å². The lowest BCUT2D eigenvalue weighted by atomic mass is 9.32. The third-order valence-electron chi connectivity index (χ3n) is 14.3. The van der Waals surface area contributed by atoms with Crippen molar-refractivity contribution in [3.63, 3.8) is 0 Å². The predicted octanol–water partition coefficient (Wildman–Crippen LogP) is 7.65. The Labute approximate surface area is 215 Å². The number of fused-ring (bicyclic) bond motifs is 7. The first-order valence-electron chi connectivity index (χ1n) is 15.0. The molecule has 5 rings (SSSR count). The quantitative estimate of drug-likeness (QED) is 0.417. The fourth-order valence-electron chi connectivity index (χ4n) is 12.4. The molecule has 0 spiro atoms. The lowest BCUT2D eigenvalue weighted by Gasteiger charge is -2.73. The number of hydrogen-bond acceptors (Lipinski definition) is 3. The highest BCUT2D eigenvalue weighted by Gasteiger charge is 2.71. The van der Waals surface area contributed by atoms with Crippen molar-refractivity contribution in [2.24, 2.45) is 62.6 Å². The topological polar surface area (TPSA) is 46.5 Å². The summed E-state index contributed by atoms with van der Waals surface area (Å²) in [5.74, 6) is 4.05. The van der Waals surface area contributed by atoms with E-state index < -0.39 is 0 Å². The highest BCUT2D eigenvalue weighted by atomic mass is 16.5. The van der Waals surface area contributed by atoms with Crippen molar-refractivity contribution in [1.82, 2.24) is 0 Å². The Balaban J connectivity index is 1.46. The van der Waals surface area contributed by atoms with E-state index >= 15 is 0 Å². The Morgan fingerprint density at radius 1 is 0.800 bits per heavy atom. The molecule has 5 saturated carbocycles. The summed E-state index contributed by atoms with van der Waals surface area (Å²) in [5, 5.41) is 9.97. The Kier molecular flexibility index (Phi) is 6.11. The van der Waals surface area contributed by atoms with Crippen LogP contribution in [0.15, 0.2) is 0 Å². The van der Waals surface area contributed by atoms with E-state index in [1.807, 2.05) is 0 Å². The number of esters is 1. The van der Waals surface area contributed by atoms with Crippen LogP contribution in [0.3, 0.4) is 0 Å². The molecule has 5 fully saturated rings. The average molecular weight is 487 g/mol. The molecule has 3 nitrogen and oxygen atoms in total. The van der Waals surface area contributed by atoms with Crippen LogP contribution in [-0.2, 0) is 9.53 Å². The van der Waals surface area contributed by atoms with Gasteiger partial charge in [0.25, 0.3) is 0 Å². The Morgan fingerprint density at radius 3 is 1.97 bits per heavy atom. The lowest BCUT2D eigenvalue weighted by molar-refractivity contribution is -0.253. The van der Waals surface area contributed by atoms with Crippen LogP contribution in [0, 0.1) is 62.6 Å². The summed E-state index contributed by atoms with van der Waals surface area (Å²) in [4.78, 5) is 11.9. The molecule has 0 radical (unpaired) electrons. The number of ether oxygens (including phenoxy) is 1. The monoisotopic (exact) mass is 486 g/mol. The van der Waals surface area contributed by atoms with Crippen molar-refractivity contribution in [2.45, 2.75) is 126 Å². The summed E-state index contributed by atoms with van der Waals surface area (Å²) < 4.78 is 5.91. The van der Waals surface area contributed by atoms with E-state index in [0.29, 0.717) is 46.0 Å². The molecule has 1 N–H and O–H groups in total. The van der Waals surface area contributed by atoms with E-state index in [4.69, 9.17) is 4.74 Å². The summed E-state index contributed by atoms with van der Waals surface area (Å²) in [6.07, 6.45) is 13.1. The molecule has 11 atom stereocenters. The highest BCUT2D eigenvalue weighted by molar-refractivity contribution is 5.66. The molecule has 0 saturated heterocycles. The molecule has 0 bridgehead atoms. The van der Waals surface area contributed by atoms with Crippen LogP contribution in [-0.4, -0.2) is 23.8 Å². The average Bonchev–Trinajstić information content (AvgIpc) is 3.12. The van der Waals surface area contributed by atoms with Gasteiger partial charge in [-0.1, -0.05) is 48.5 Å². The van der Waals surface area contributed by atoms with Gasteiger partial charge in [-0.05, 0) is 121 Å². The first kappa shape index (κ1) is 26.1. The molecule has 3 heteroatoms. The molecule has 0 amide bonds. The Hall–Kier alpha value is -0.570. The molecule has 0 aromatic heterocycles. The van der Waals surface area contributed by atoms with Crippen LogP contribution >= 0.6 is 0 Å². The minimum Gasteiger partial charge on any atom is -0.462 e. The Morgan fingerprint density at radius 2 is 1.37 bits per heavy atom. The molecule has 200 valence electrons. The van der Waals surface area contributed by atoms with Crippen molar-refractivity contribution in [3.05, 3.63) is 0 Å². The largest absolute Gasteiger partial charge is 0.462 e. The molecule has 5 aliphatic carbocycles. The van der Waals surface area contributed by atoms with Gasteiger partial charge in [-0.15, -0.1) is 0 Å². The summed E-state index contributed by atoms with van der Waals surface area (Å²) >= 11 is 0. The third-order valence-corrected chi connectivity index (χ3v) is 14.3. The van der Waals surface area contributed by atoms with Crippen LogP contribution in [0.4, 0.5) is 0 Å². The van der Waals surface area contributed by atoms with Crippen molar-refractivity contribution < 1.29 is 14.6 Å². The van der Waals surface area contributed by atoms with Gasteiger partial charge in [0.2, 0.25) is 0 Å². The maximum Gasteiger partial charge on any atom is 0.302 e. The number of hydrogen-bond donors (Lipinski definition) is 1. The number of aliphatic hydroxyl groups is 1. The predicted molar refractivity (Wildman–Crippen MR) is 142 cm³/mol. The van der Waals surface area contributed by atoms with Gasteiger partial charge in [0, 0.05) is 18.9 Å². The SMILES string of the molecule is CC(=O)OC1CC[C@]2(C)[C@H]3CC[C@@H]4[C@@]5(C)CC[C@H](C(C)CO)[C@@H]5CC[C@@]4(C)[C@]3(C)CC[C@H]2C1(C)C. The van der Waals surface area contributed by atoms with E-state index in [-0.39, 0.29) is 17.5 Å². The number of aliphatic hydroxyl groups excluding tert-OH is 1. The zero-order chi connectivity index (χ0) is 25.6. The van der Waals surface area contributed by atoms with Gasteiger partial charge >= 0.3 is 5.97 Å². The zero-order valence-corrected chi connectivity index (χ0v) is 24.1. The first-order valence-corrected chi connectivity index (χ1v) is 15.0. The van der Waals surface area contributed by atoms with E-state index in [0.717, 1.165) is 24.2 Å². The van der Waals surface area contributed by atoms with Crippen LogP contribution in [0.1, 0.15) is 120 Å². The van der Waals surface area contributed by atoms with Gasteiger partial charge in [-0.25, -0.2) is 0 Å². The van der Waals surface area contributed by atoms with Gasteiger partial charge in [-0.2, -0.15) is 0 Å². The third kappa shape index (κ3) is 3.34. The van der Waals surface area contributed by atoms with Gasteiger partial charge in [0.1, 0.15) is 6.10 Å². The minimum atomic E-state index is -0.115. The standard InChI is InChI=1S/C32H54O3/c1-20(19-33)22-11-15-29(5)23(22)12-17-31(7)25(29)9-10-26-30(6)16-14-27(35-21(2)34)28(3,4)24(30)13-18-32(26,31)8/h20,22-27,33H,9-19H2,1-8H3/t20?,22-,23+,24+,25-,26-,27?,29+,30+,31-,32-/m1/s1. The van der Waals surface area contributed by atoms with E-state index in [9.17, 15) is 9.90 Å². The van der Waals surface area contributed by atoms with Crippen LogP contribution in [0.25, 0.3) is 0 Å². The fraction of sp³-hybridized carbons (Fsp3) is 0.969. The van der Waals surface area contributed by atoms with Crippen molar-refractivity contribution in [1.29, 1.82) is 0 Å². The van der Waals surface area contributed by atoms with E-state index in [1.165, 1.54) is 57.8 Å². The molecule has 0 aromatic rings. The molecule has 0 heterocycles. The number of rotatable bonds is 3. The van der Waals surface area contributed by atoms with Crippen LogP contribution in [0.5, 0.6) is 0 Å². The highest BCUT2D eigenvalue weighted by Crippen LogP contribution is 2.78. The van der Waals surface area contributed by atoms with Gasteiger partial charge < -0.3 is 9.84 Å². The van der Waals surface area contributed by atoms with Crippen molar-refractivity contribution >= 4 is 5.97 Å². The van der Waals surface area contributed by atoms with E-state index in [2.05, 4.69) is 48.5 Å². The molecular weight excluding hydrogens is 432 g/mol. The first-order chi connectivity index (χ1) is 16.3. The minimum absolute atomic E-state index is 0.0422. The number of carbonyl (C=O) groups is 1. The smallest absolute Gasteiger partial charge is 0.302 e. The summed E-state index contributed by atoms with van der Waals surface area (Å²) in [6, 6.07) is 0. The molecule has 2 unspecified atom stereocenters. The van der Waals surface area contributed by atoms with E-state index in [1.54, 1.807) is 6.92 Å². The fourth-order valence-corrected chi connectivity index (χ4v) is 12.4. The van der Waals surface area contributed by atoms with Crippen LogP contribution < -0.4 is 0 Å². The Bertz CT molecular complexity index is 850. The molecule has 35 heavy (non-hydrogen) atoms. The second kappa shape index (κ2) is 8.21. The van der Waals surface area contributed by atoms with Gasteiger partial charge in [-0.3, -0.25) is 4.79 Å². The van der Waals surface area contributed by atoms with Gasteiger partial charge in [0.05, 0.1) is 0 Å². The molecule has 0 aliphatic heterocycles. The second-order valence-electron chi connectivity index (χ2n) is 15.6. The summed E-state index contributed by atoms with van der Waals surface area (Å²) in [5.41, 5.74) is 1.62.